The minimum Gasteiger partial charge on any atom is -0.461 e. The van der Waals surface area contributed by atoms with Crippen LogP contribution in [0, 0.1) is 0 Å². The Morgan fingerprint density at radius 1 is 1.35 bits per heavy atom. The maximum Gasteiger partial charge on any atom is 0.323 e. The molecule has 2 heterocycles. The molecule has 1 aliphatic heterocycles. The number of nitrogens with zero attached hydrogens (tertiary/aromatic N) is 4. The number of hydrogen-bond acceptors (Lipinski definition) is 8. The molecule has 1 aromatic rings. The topological polar surface area (TPSA) is 98.4 Å². The van der Waals surface area contributed by atoms with Gasteiger partial charge in [-0.2, -0.15) is 15.0 Å². The molecule has 1 atom stereocenters. The molecule has 3 N–H and O–H groups in total. The van der Waals surface area contributed by atoms with Gasteiger partial charge in [-0.1, -0.05) is 0 Å². The van der Waals surface area contributed by atoms with Crippen LogP contribution in [-0.4, -0.2) is 47.4 Å². The second-order valence-electron chi connectivity index (χ2n) is 5.00. The number of ether oxygens (including phenoxy) is 2. The number of nitrogen functional groups attached to an aromatic ring is 1. The smallest absolute Gasteiger partial charge is 0.323 e. The molecule has 0 spiro atoms. The lowest BCUT2D eigenvalue weighted by molar-refractivity contribution is 0.0888. The summed E-state index contributed by atoms with van der Waals surface area (Å²) in [5.74, 6) is 6.26. The van der Waals surface area contributed by atoms with Crippen LogP contribution in [0.1, 0.15) is 26.7 Å². The van der Waals surface area contributed by atoms with Crippen LogP contribution in [0.5, 0.6) is 6.01 Å². The molecule has 0 aromatic carbocycles. The Morgan fingerprint density at radius 2 is 2.15 bits per heavy atom. The highest BCUT2D eigenvalue weighted by Gasteiger charge is 2.23. The van der Waals surface area contributed by atoms with E-state index in [1.54, 1.807) is 7.11 Å². The number of aromatic nitrogens is 3. The first-order valence-corrected chi connectivity index (χ1v) is 6.79. The van der Waals surface area contributed by atoms with Gasteiger partial charge in [0.2, 0.25) is 11.9 Å². The number of anilines is 2. The zero-order chi connectivity index (χ0) is 14.5. The van der Waals surface area contributed by atoms with E-state index in [-0.39, 0.29) is 18.2 Å². The highest BCUT2D eigenvalue weighted by atomic mass is 16.5. The third-order valence-corrected chi connectivity index (χ3v) is 3.07. The Kier molecular flexibility index (Phi) is 4.91. The van der Waals surface area contributed by atoms with Crippen molar-refractivity contribution in [2.75, 3.05) is 30.5 Å². The molecule has 1 unspecified atom stereocenters. The molecular weight excluding hydrogens is 260 g/mol. The van der Waals surface area contributed by atoms with Gasteiger partial charge in [0.05, 0.1) is 12.2 Å². The number of hydrogen-bond donors (Lipinski definition) is 2. The van der Waals surface area contributed by atoms with Crippen molar-refractivity contribution in [1.29, 1.82) is 0 Å². The van der Waals surface area contributed by atoms with Gasteiger partial charge < -0.3 is 14.4 Å². The third kappa shape index (κ3) is 3.67. The zero-order valence-corrected chi connectivity index (χ0v) is 12.2. The summed E-state index contributed by atoms with van der Waals surface area (Å²) in [6, 6.07) is 0.275. The zero-order valence-electron chi connectivity index (χ0n) is 12.2. The first-order valence-electron chi connectivity index (χ1n) is 6.79. The summed E-state index contributed by atoms with van der Waals surface area (Å²) >= 11 is 0. The van der Waals surface area contributed by atoms with Crippen molar-refractivity contribution in [2.45, 2.75) is 38.9 Å². The number of nitrogens with one attached hydrogen (secondary N) is 1. The average Bonchev–Trinajstić information content (AvgIpc) is 2.46. The van der Waals surface area contributed by atoms with Gasteiger partial charge in [-0.05, 0) is 26.7 Å². The first-order chi connectivity index (χ1) is 9.62. The van der Waals surface area contributed by atoms with Crippen LogP contribution in [0.2, 0.25) is 0 Å². The van der Waals surface area contributed by atoms with E-state index >= 15 is 0 Å². The predicted octanol–water partition coefficient (Wildman–Crippen LogP) is 0.560. The number of rotatable bonds is 5. The summed E-state index contributed by atoms with van der Waals surface area (Å²) in [6.07, 6.45) is 2.28. The fourth-order valence-corrected chi connectivity index (χ4v) is 2.13. The van der Waals surface area contributed by atoms with E-state index in [1.807, 2.05) is 13.8 Å². The summed E-state index contributed by atoms with van der Waals surface area (Å²) in [6.45, 7) is 5.47. The van der Waals surface area contributed by atoms with E-state index in [0.717, 1.165) is 25.9 Å². The molecule has 0 radical (unpaired) electrons. The molecule has 8 heteroatoms. The van der Waals surface area contributed by atoms with Gasteiger partial charge in [0.1, 0.15) is 0 Å². The van der Waals surface area contributed by atoms with E-state index in [9.17, 15) is 0 Å². The van der Waals surface area contributed by atoms with Crippen molar-refractivity contribution in [3.8, 4) is 6.01 Å². The number of methoxy groups -OCH3 is 1. The van der Waals surface area contributed by atoms with Crippen LogP contribution in [0.25, 0.3) is 0 Å². The predicted molar refractivity (Wildman–Crippen MR) is 75.6 cm³/mol. The minimum atomic E-state index is -0.0102. The van der Waals surface area contributed by atoms with Crippen LogP contribution in [-0.2, 0) is 4.74 Å². The Bertz CT molecular complexity index is 442. The number of nitrogens with two attached hydrogens (primary N) is 1. The van der Waals surface area contributed by atoms with Gasteiger partial charge in [-0.3, -0.25) is 5.43 Å². The summed E-state index contributed by atoms with van der Waals surface area (Å²) < 4.78 is 10.9. The highest BCUT2D eigenvalue weighted by Crippen LogP contribution is 2.20. The van der Waals surface area contributed by atoms with Crippen molar-refractivity contribution < 1.29 is 9.47 Å². The van der Waals surface area contributed by atoms with E-state index in [2.05, 4.69) is 25.3 Å². The van der Waals surface area contributed by atoms with E-state index < -0.39 is 0 Å². The first kappa shape index (κ1) is 14.7. The summed E-state index contributed by atoms with van der Waals surface area (Å²) in [4.78, 5) is 14.8. The molecule has 0 aliphatic carbocycles. The molecule has 0 saturated carbocycles. The van der Waals surface area contributed by atoms with Crippen LogP contribution in [0.4, 0.5) is 11.9 Å². The van der Waals surface area contributed by atoms with Gasteiger partial charge in [0.25, 0.3) is 0 Å². The second-order valence-corrected chi connectivity index (χ2v) is 5.00. The molecule has 20 heavy (non-hydrogen) atoms. The normalized spacial score (nSPS) is 19.2. The molecule has 1 saturated heterocycles. The van der Waals surface area contributed by atoms with Gasteiger partial charge >= 0.3 is 6.01 Å². The lowest BCUT2D eigenvalue weighted by atomic mass is 10.1. The maximum atomic E-state index is 5.53. The fourth-order valence-electron chi connectivity index (χ4n) is 2.13. The van der Waals surface area contributed by atoms with Gasteiger partial charge in [0.15, 0.2) is 0 Å². The van der Waals surface area contributed by atoms with Crippen LogP contribution >= 0.6 is 0 Å². The van der Waals surface area contributed by atoms with Crippen molar-refractivity contribution in [3.63, 3.8) is 0 Å². The van der Waals surface area contributed by atoms with E-state index in [1.165, 1.54) is 0 Å². The molecule has 1 fully saturated rings. The molecule has 8 nitrogen and oxygen atoms in total. The van der Waals surface area contributed by atoms with Crippen molar-refractivity contribution in [1.82, 2.24) is 15.0 Å². The standard InChI is InChI=1S/C12H22N6O2/c1-8(2)20-12-15-10(17-13)14-11(16-12)18-6-4-5-9(7-18)19-3/h8-9H,4-7,13H2,1-3H3,(H,14,15,16,17). The van der Waals surface area contributed by atoms with Gasteiger partial charge in [0, 0.05) is 20.2 Å². The van der Waals surface area contributed by atoms with Gasteiger partial charge in [-0.15, -0.1) is 0 Å². The Labute approximate surface area is 118 Å². The van der Waals surface area contributed by atoms with E-state index in [4.69, 9.17) is 15.3 Å². The van der Waals surface area contributed by atoms with Crippen molar-refractivity contribution in [3.05, 3.63) is 0 Å². The fraction of sp³-hybridized carbons (Fsp3) is 0.750. The van der Waals surface area contributed by atoms with Crippen molar-refractivity contribution >= 4 is 11.9 Å². The maximum absolute atomic E-state index is 5.53. The number of piperidine rings is 1. The Balaban J connectivity index is 2.20. The lowest BCUT2D eigenvalue weighted by Gasteiger charge is -2.32. The monoisotopic (exact) mass is 282 g/mol. The summed E-state index contributed by atoms with van der Waals surface area (Å²) in [5, 5.41) is 0. The Hall–Kier alpha value is -1.67. The molecule has 1 aliphatic rings. The SMILES string of the molecule is COC1CCCN(c2nc(NN)nc(OC(C)C)n2)C1. The molecule has 1 aromatic heterocycles. The third-order valence-electron chi connectivity index (χ3n) is 3.07. The molecule has 2 rings (SSSR count). The van der Waals surface area contributed by atoms with Crippen LogP contribution in [0.3, 0.4) is 0 Å². The summed E-state index contributed by atoms with van der Waals surface area (Å²) in [5.41, 5.74) is 2.45. The average molecular weight is 282 g/mol. The summed E-state index contributed by atoms with van der Waals surface area (Å²) in [7, 11) is 1.72. The van der Waals surface area contributed by atoms with Gasteiger partial charge in [-0.25, -0.2) is 5.84 Å². The lowest BCUT2D eigenvalue weighted by Crippen LogP contribution is -2.40. The minimum absolute atomic E-state index is 0.0102. The molecule has 0 amide bonds. The highest BCUT2D eigenvalue weighted by molar-refractivity contribution is 5.38. The quantitative estimate of drug-likeness (QED) is 0.597. The van der Waals surface area contributed by atoms with Crippen LogP contribution < -0.4 is 20.9 Å². The molecular formula is C12H22N6O2. The van der Waals surface area contributed by atoms with Crippen molar-refractivity contribution in [2.24, 2.45) is 5.84 Å². The molecule has 0 bridgehead atoms. The Morgan fingerprint density at radius 3 is 2.80 bits per heavy atom. The second kappa shape index (κ2) is 6.67. The largest absolute Gasteiger partial charge is 0.461 e. The molecule has 112 valence electrons. The van der Waals surface area contributed by atoms with Crippen LogP contribution in [0.15, 0.2) is 0 Å². The van der Waals surface area contributed by atoms with E-state index in [0.29, 0.717) is 11.9 Å². The number of hydrazine groups is 1.